The molecule has 0 spiro atoms. The van der Waals surface area contributed by atoms with E-state index in [1.54, 1.807) is 28.4 Å². The molecular weight excluding hydrogens is 256 g/mol. The Morgan fingerprint density at radius 3 is 0.800 bits per heavy atom. The van der Waals surface area contributed by atoms with Gasteiger partial charge in [-0.15, -0.1) is 0 Å². The van der Waals surface area contributed by atoms with E-state index in [2.05, 4.69) is 0 Å². The molecule has 0 saturated carbocycles. The van der Waals surface area contributed by atoms with E-state index >= 15 is 0 Å². The highest BCUT2D eigenvalue weighted by Crippen LogP contribution is 2.54. The fraction of sp³-hybridized carbons (Fsp3) is 0.250. The summed E-state index contributed by atoms with van der Waals surface area (Å²) in [7, 11) is 6.55. The summed E-state index contributed by atoms with van der Waals surface area (Å²) in [6, 6.07) is 7.95. The molecule has 1 aliphatic rings. The summed E-state index contributed by atoms with van der Waals surface area (Å²) in [5, 5.41) is 0. The summed E-state index contributed by atoms with van der Waals surface area (Å²) in [6.07, 6.45) is 0. The van der Waals surface area contributed by atoms with Gasteiger partial charge in [-0.25, -0.2) is 0 Å². The second-order valence-electron chi connectivity index (χ2n) is 4.51. The Balaban J connectivity index is 2.15. The maximum absolute atomic E-state index is 5.34. The molecule has 1 aliphatic carbocycles. The highest BCUT2D eigenvalue weighted by atomic mass is 16.5. The fourth-order valence-electron chi connectivity index (χ4n) is 2.59. The summed E-state index contributed by atoms with van der Waals surface area (Å²) < 4.78 is 21.4. The molecule has 0 saturated heterocycles. The molecule has 0 aliphatic heterocycles. The Bertz CT molecular complexity index is 545. The van der Waals surface area contributed by atoms with E-state index in [-0.39, 0.29) is 0 Å². The van der Waals surface area contributed by atoms with E-state index in [1.807, 2.05) is 24.3 Å². The predicted molar refractivity (Wildman–Crippen MR) is 77.1 cm³/mol. The van der Waals surface area contributed by atoms with Crippen LogP contribution in [-0.2, 0) is 0 Å². The number of hydrogen-bond donors (Lipinski definition) is 0. The number of methoxy groups -OCH3 is 4. The lowest BCUT2D eigenvalue weighted by Crippen LogP contribution is -2.03. The maximum Gasteiger partial charge on any atom is 0.161 e. The molecule has 0 unspecified atom stereocenters. The normalized spacial score (nSPS) is 11.0. The summed E-state index contributed by atoms with van der Waals surface area (Å²) in [5.74, 6) is 2.91. The van der Waals surface area contributed by atoms with Gasteiger partial charge in [0, 0.05) is 0 Å². The third kappa shape index (κ3) is 1.61. The van der Waals surface area contributed by atoms with Gasteiger partial charge in [0.1, 0.15) is 0 Å². The SMILES string of the molecule is COc1cc2c(cc1OC)-c1cc(OC)c(OC)cc1-2. The second-order valence-corrected chi connectivity index (χ2v) is 4.51. The minimum Gasteiger partial charge on any atom is -0.493 e. The molecule has 104 valence electrons. The number of benzene rings is 2. The van der Waals surface area contributed by atoms with E-state index in [0.29, 0.717) is 0 Å². The molecule has 2 aromatic rings. The topological polar surface area (TPSA) is 36.9 Å². The molecule has 3 rings (SSSR count). The second kappa shape index (κ2) is 4.63. The van der Waals surface area contributed by atoms with Crippen LogP contribution < -0.4 is 18.9 Å². The lowest BCUT2D eigenvalue weighted by Gasteiger charge is -2.27. The van der Waals surface area contributed by atoms with Crippen molar-refractivity contribution in [3.63, 3.8) is 0 Å². The van der Waals surface area contributed by atoms with Crippen LogP contribution in [-0.4, -0.2) is 28.4 Å². The zero-order chi connectivity index (χ0) is 14.3. The Morgan fingerprint density at radius 2 is 0.650 bits per heavy atom. The zero-order valence-corrected chi connectivity index (χ0v) is 11.9. The predicted octanol–water partition coefficient (Wildman–Crippen LogP) is 3.37. The van der Waals surface area contributed by atoms with Crippen molar-refractivity contribution < 1.29 is 18.9 Å². The van der Waals surface area contributed by atoms with Gasteiger partial charge in [0.15, 0.2) is 23.0 Å². The van der Waals surface area contributed by atoms with Crippen LogP contribution in [0.5, 0.6) is 23.0 Å². The molecule has 0 aromatic heterocycles. The van der Waals surface area contributed by atoms with Crippen molar-refractivity contribution in [1.29, 1.82) is 0 Å². The van der Waals surface area contributed by atoms with E-state index in [0.717, 1.165) is 45.3 Å². The lowest BCUT2D eigenvalue weighted by molar-refractivity contribution is 0.354. The summed E-state index contributed by atoms with van der Waals surface area (Å²) >= 11 is 0. The van der Waals surface area contributed by atoms with Gasteiger partial charge < -0.3 is 18.9 Å². The van der Waals surface area contributed by atoms with E-state index in [9.17, 15) is 0 Å². The van der Waals surface area contributed by atoms with Crippen molar-refractivity contribution in [3.8, 4) is 45.3 Å². The monoisotopic (exact) mass is 272 g/mol. The van der Waals surface area contributed by atoms with Crippen LogP contribution in [0.4, 0.5) is 0 Å². The molecule has 4 nitrogen and oxygen atoms in total. The smallest absolute Gasteiger partial charge is 0.161 e. The van der Waals surface area contributed by atoms with Crippen molar-refractivity contribution in [1.82, 2.24) is 0 Å². The Morgan fingerprint density at radius 1 is 0.450 bits per heavy atom. The first kappa shape index (κ1) is 12.7. The molecule has 0 atom stereocenters. The first-order chi connectivity index (χ1) is 9.73. The van der Waals surface area contributed by atoms with Gasteiger partial charge in [-0.2, -0.15) is 0 Å². The van der Waals surface area contributed by atoms with Crippen LogP contribution in [0.2, 0.25) is 0 Å². The fourth-order valence-corrected chi connectivity index (χ4v) is 2.59. The highest BCUT2D eigenvalue weighted by Gasteiger charge is 2.27. The van der Waals surface area contributed by atoms with Gasteiger partial charge in [-0.05, 0) is 46.5 Å². The molecule has 2 aromatic carbocycles. The largest absolute Gasteiger partial charge is 0.493 e. The summed E-state index contributed by atoms with van der Waals surface area (Å²) in [6.45, 7) is 0. The van der Waals surface area contributed by atoms with Crippen molar-refractivity contribution in [2.24, 2.45) is 0 Å². The Labute approximate surface area is 117 Å². The number of fused-ring (bicyclic) bond motifs is 4. The van der Waals surface area contributed by atoms with Crippen LogP contribution >= 0.6 is 0 Å². The van der Waals surface area contributed by atoms with E-state index in [4.69, 9.17) is 18.9 Å². The Hall–Kier alpha value is -2.36. The maximum atomic E-state index is 5.34. The highest BCUT2D eigenvalue weighted by molar-refractivity contribution is 6.04. The number of hydrogen-bond acceptors (Lipinski definition) is 4. The first-order valence-electron chi connectivity index (χ1n) is 6.26. The van der Waals surface area contributed by atoms with Gasteiger partial charge in [0.25, 0.3) is 0 Å². The minimum absolute atomic E-state index is 0.728. The molecule has 0 bridgehead atoms. The molecule has 0 radical (unpaired) electrons. The first-order valence-corrected chi connectivity index (χ1v) is 6.26. The third-order valence-electron chi connectivity index (χ3n) is 3.63. The quantitative estimate of drug-likeness (QED) is 0.729. The molecule has 0 fully saturated rings. The van der Waals surface area contributed by atoms with Crippen molar-refractivity contribution in [2.45, 2.75) is 0 Å². The minimum atomic E-state index is 0.728. The van der Waals surface area contributed by atoms with Gasteiger partial charge >= 0.3 is 0 Å². The van der Waals surface area contributed by atoms with Gasteiger partial charge in [-0.1, -0.05) is 0 Å². The molecule has 4 heteroatoms. The van der Waals surface area contributed by atoms with Crippen molar-refractivity contribution in [3.05, 3.63) is 24.3 Å². The Kier molecular flexibility index (Phi) is 2.93. The van der Waals surface area contributed by atoms with Gasteiger partial charge in [0.2, 0.25) is 0 Å². The third-order valence-corrected chi connectivity index (χ3v) is 3.63. The summed E-state index contributed by atoms with van der Waals surface area (Å²) in [4.78, 5) is 0. The average molecular weight is 272 g/mol. The number of rotatable bonds is 4. The zero-order valence-electron chi connectivity index (χ0n) is 11.9. The molecule has 0 heterocycles. The van der Waals surface area contributed by atoms with Crippen LogP contribution in [0.25, 0.3) is 22.3 Å². The standard InChI is InChI=1S/C16H16O4/c1-17-13-5-9-10(6-14(13)18-2)12-8-16(20-4)15(19-3)7-11(9)12/h5-8H,1-4H3. The molecule has 0 amide bonds. The van der Waals surface area contributed by atoms with E-state index < -0.39 is 0 Å². The number of ether oxygens (including phenoxy) is 4. The van der Waals surface area contributed by atoms with Crippen LogP contribution in [0.3, 0.4) is 0 Å². The van der Waals surface area contributed by atoms with Gasteiger partial charge in [-0.3, -0.25) is 0 Å². The van der Waals surface area contributed by atoms with E-state index in [1.165, 1.54) is 0 Å². The molecule has 20 heavy (non-hydrogen) atoms. The van der Waals surface area contributed by atoms with Gasteiger partial charge in [0.05, 0.1) is 28.4 Å². The van der Waals surface area contributed by atoms with Crippen molar-refractivity contribution in [2.75, 3.05) is 28.4 Å². The molecular formula is C16H16O4. The molecule has 0 N–H and O–H groups in total. The lowest BCUT2D eigenvalue weighted by atomic mass is 9.80. The van der Waals surface area contributed by atoms with Crippen LogP contribution in [0.15, 0.2) is 24.3 Å². The summed E-state index contributed by atoms with van der Waals surface area (Å²) in [5.41, 5.74) is 4.55. The van der Waals surface area contributed by atoms with Crippen molar-refractivity contribution >= 4 is 0 Å². The average Bonchev–Trinajstić information content (AvgIpc) is 2.50. The van der Waals surface area contributed by atoms with Crippen LogP contribution in [0, 0.1) is 0 Å². The van der Waals surface area contributed by atoms with Crippen LogP contribution in [0.1, 0.15) is 0 Å².